The maximum absolute atomic E-state index is 12.4. The number of carboxylic acids is 1. The molecule has 2 amide bonds. The highest BCUT2D eigenvalue weighted by Crippen LogP contribution is 2.13. The third-order valence-electron chi connectivity index (χ3n) is 3.73. The second-order valence-electron chi connectivity index (χ2n) is 5.15. The molecule has 6 heteroatoms. The molecule has 0 aromatic carbocycles. The van der Waals surface area contributed by atoms with Crippen LogP contribution in [0.3, 0.4) is 0 Å². The largest absolute Gasteiger partial charge is 0.481 e. The normalized spacial score (nSPS) is 17.8. The van der Waals surface area contributed by atoms with Gasteiger partial charge in [0.25, 0.3) is 0 Å². The van der Waals surface area contributed by atoms with Crippen LogP contribution < -0.4 is 5.32 Å². The highest BCUT2D eigenvalue weighted by molar-refractivity contribution is 5.76. The lowest BCUT2D eigenvalue weighted by atomic mass is 10.1. The molecule has 1 unspecified atom stereocenters. The van der Waals surface area contributed by atoms with Crippen molar-refractivity contribution in [2.24, 2.45) is 5.92 Å². The van der Waals surface area contributed by atoms with E-state index in [0.717, 1.165) is 25.9 Å². The minimum absolute atomic E-state index is 0.0671. The Balaban J connectivity index is 2.58. The van der Waals surface area contributed by atoms with Crippen molar-refractivity contribution < 1.29 is 14.7 Å². The molecule has 110 valence electrons. The number of nitrogens with zero attached hydrogens (tertiary/aromatic N) is 2. The van der Waals surface area contributed by atoms with Gasteiger partial charge in [0, 0.05) is 26.2 Å². The molecule has 0 spiro atoms. The molecule has 0 saturated carbocycles. The number of rotatable bonds is 5. The van der Waals surface area contributed by atoms with Crippen LogP contribution in [0.5, 0.6) is 0 Å². The molecular formula is C13H25N3O3. The summed E-state index contributed by atoms with van der Waals surface area (Å²) in [4.78, 5) is 26.6. The number of hydrogen-bond acceptors (Lipinski definition) is 3. The van der Waals surface area contributed by atoms with Gasteiger partial charge in [0.2, 0.25) is 0 Å². The van der Waals surface area contributed by atoms with E-state index in [1.54, 1.807) is 16.7 Å². The standard InChI is InChI=1S/C13H25N3O3/c1-4-16(9-10(2)12(17)18)13(19)15(3)11-5-7-14-8-6-11/h10-11,14H,4-9H2,1-3H3,(H,17,18). The third kappa shape index (κ3) is 4.38. The summed E-state index contributed by atoms with van der Waals surface area (Å²) in [5.74, 6) is -1.40. The smallest absolute Gasteiger partial charge is 0.320 e. The van der Waals surface area contributed by atoms with Gasteiger partial charge in [0.05, 0.1) is 5.92 Å². The summed E-state index contributed by atoms with van der Waals surface area (Å²) in [6.07, 6.45) is 1.91. The molecule has 6 nitrogen and oxygen atoms in total. The van der Waals surface area contributed by atoms with Crippen LogP contribution in [-0.4, -0.2) is 66.2 Å². The van der Waals surface area contributed by atoms with Crippen molar-refractivity contribution in [3.63, 3.8) is 0 Å². The minimum Gasteiger partial charge on any atom is -0.481 e. The van der Waals surface area contributed by atoms with Crippen LogP contribution >= 0.6 is 0 Å². The molecule has 1 atom stereocenters. The Bertz CT molecular complexity index is 316. The summed E-state index contributed by atoms with van der Waals surface area (Å²) >= 11 is 0. The van der Waals surface area contributed by atoms with Gasteiger partial charge in [-0.1, -0.05) is 6.92 Å². The van der Waals surface area contributed by atoms with Crippen LogP contribution in [0.15, 0.2) is 0 Å². The minimum atomic E-state index is -0.865. The molecule has 0 aromatic rings. The third-order valence-corrected chi connectivity index (χ3v) is 3.73. The summed E-state index contributed by atoms with van der Waals surface area (Å²) < 4.78 is 0. The average Bonchev–Trinajstić information content (AvgIpc) is 2.43. The Morgan fingerprint density at radius 1 is 1.37 bits per heavy atom. The molecule has 0 radical (unpaired) electrons. The molecular weight excluding hydrogens is 246 g/mol. The molecule has 0 aliphatic carbocycles. The van der Waals surface area contributed by atoms with Crippen molar-refractivity contribution in [2.75, 3.05) is 33.2 Å². The first-order valence-electron chi connectivity index (χ1n) is 6.92. The predicted octanol–water partition coefficient (Wildman–Crippen LogP) is 0.833. The molecule has 1 aliphatic heterocycles. The van der Waals surface area contributed by atoms with Gasteiger partial charge in [0.15, 0.2) is 0 Å². The van der Waals surface area contributed by atoms with Gasteiger partial charge in [-0.2, -0.15) is 0 Å². The number of amides is 2. The van der Waals surface area contributed by atoms with E-state index < -0.39 is 11.9 Å². The van der Waals surface area contributed by atoms with Gasteiger partial charge >= 0.3 is 12.0 Å². The Morgan fingerprint density at radius 3 is 2.42 bits per heavy atom. The van der Waals surface area contributed by atoms with Crippen molar-refractivity contribution >= 4 is 12.0 Å². The Hall–Kier alpha value is -1.30. The number of urea groups is 1. The van der Waals surface area contributed by atoms with Crippen LogP contribution in [0.25, 0.3) is 0 Å². The lowest BCUT2D eigenvalue weighted by Gasteiger charge is -2.35. The van der Waals surface area contributed by atoms with E-state index in [0.29, 0.717) is 6.54 Å². The second-order valence-corrected chi connectivity index (χ2v) is 5.15. The van der Waals surface area contributed by atoms with E-state index in [1.165, 1.54) is 0 Å². The number of carbonyl (C=O) groups is 2. The molecule has 1 rings (SSSR count). The number of nitrogens with one attached hydrogen (secondary N) is 1. The van der Waals surface area contributed by atoms with Crippen molar-refractivity contribution in [1.82, 2.24) is 15.1 Å². The average molecular weight is 271 g/mol. The first-order chi connectivity index (χ1) is 8.97. The van der Waals surface area contributed by atoms with Gasteiger partial charge < -0.3 is 20.2 Å². The highest BCUT2D eigenvalue weighted by atomic mass is 16.4. The Kier molecular flexibility index (Phi) is 6.08. The predicted molar refractivity (Wildman–Crippen MR) is 73.1 cm³/mol. The monoisotopic (exact) mass is 271 g/mol. The van der Waals surface area contributed by atoms with Crippen LogP contribution in [0.1, 0.15) is 26.7 Å². The van der Waals surface area contributed by atoms with E-state index in [9.17, 15) is 9.59 Å². The topological polar surface area (TPSA) is 72.9 Å². The van der Waals surface area contributed by atoms with E-state index in [2.05, 4.69) is 5.32 Å². The van der Waals surface area contributed by atoms with Crippen molar-refractivity contribution in [2.45, 2.75) is 32.7 Å². The number of aliphatic carboxylic acids is 1. The summed E-state index contributed by atoms with van der Waals surface area (Å²) in [7, 11) is 1.81. The van der Waals surface area contributed by atoms with Crippen LogP contribution in [0, 0.1) is 5.92 Å². The molecule has 1 heterocycles. The van der Waals surface area contributed by atoms with Crippen molar-refractivity contribution in [3.05, 3.63) is 0 Å². The summed E-state index contributed by atoms with van der Waals surface area (Å²) in [5.41, 5.74) is 0. The fourth-order valence-corrected chi connectivity index (χ4v) is 2.32. The van der Waals surface area contributed by atoms with Crippen LogP contribution in [-0.2, 0) is 4.79 Å². The number of hydrogen-bond donors (Lipinski definition) is 2. The molecule has 0 bridgehead atoms. The zero-order chi connectivity index (χ0) is 14.4. The van der Waals surface area contributed by atoms with Crippen LogP contribution in [0.4, 0.5) is 4.79 Å². The molecule has 1 fully saturated rings. The molecule has 1 aliphatic rings. The Labute approximate surface area is 114 Å². The lowest BCUT2D eigenvalue weighted by molar-refractivity contribution is -0.141. The van der Waals surface area contributed by atoms with E-state index >= 15 is 0 Å². The van der Waals surface area contributed by atoms with Gasteiger partial charge in [-0.15, -0.1) is 0 Å². The highest BCUT2D eigenvalue weighted by Gasteiger charge is 2.27. The fraction of sp³-hybridized carbons (Fsp3) is 0.846. The Morgan fingerprint density at radius 2 is 1.95 bits per heavy atom. The molecule has 0 aromatic heterocycles. The summed E-state index contributed by atoms with van der Waals surface area (Å²) in [5, 5.41) is 12.2. The maximum atomic E-state index is 12.4. The van der Waals surface area contributed by atoms with E-state index in [4.69, 9.17) is 5.11 Å². The molecule has 1 saturated heterocycles. The van der Waals surface area contributed by atoms with Gasteiger partial charge in [-0.05, 0) is 32.9 Å². The van der Waals surface area contributed by atoms with Gasteiger partial charge in [-0.3, -0.25) is 4.79 Å². The fourth-order valence-electron chi connectivity index (χ4n) is 2.32. The molecule has 19 heavy (non-hydrogen) atoms. The first kappa shape index (κ1) is 15.8. The summed E-state index contributed by atoms with van der Waals surface area (Å²) in [6.45, 7) is 6.16. The number of carboxylic acid groups (broad SMARTS) is 1. The van der Waals surface area contributed by atoms with Crippen molar-refractivity contribution in [3.8, 4) is 0 Å². The van der Waals surface area contributed by atoms with Crippen molar-refractivity contribution in [1.29, 1.82) is 0 Å². The number of carbonyl (C=O) groups excluding carboxylic acids is 1. The number of piperidine rings is 1. The quantitative estimate of drug-likeness (QED) is 0.777. The second kappa shape index (κ2) is 7.33. The summed E-state index contributed by atoms with van der Waals surface area (Å²) in [6, 6.07) is 0.186. The van der Waals surface area contributed by atoms with Gasteiger partial charge in [-0.25, -0.2) is 4.79 Å². The lowest BCUT2D eigenvalue weighted by Crippen LogP contribution is -2.50. The van der Waals surface area contributed by atoms with E-state index in [1.807, 2.05) is 14.0 Å². The van der Waals surface area contributed by atoms with Gasteiger partial charge in [0.1, 0.15) is 0 Å². The zero-order valence-corrected chi connectivity index (χ0v) is 12.1. The van der Waals surface area contributed by atoms with E-state index in [-0.39, 0.29) is 18.6 Å². The SMILES string of the molecule is CCN(CC(C)C(=O)O)C(=O)N(C)C1CCNCC1. The molecule has 2 N–H and O–H groups in total. The zero-order valence-electron chi connectivity index (χ0n) is 12.1. The van der Waals surface area contributed by atoms with Crippen LogP contribution in [0.2, 0.25) is 0 Å². The first-order valence-corrected chi connectivity index (χ1v) is 6.92. The maximum Gasteiger partial charge on any atom is 0.320 e.